The Kier molecular flexibility index (Phi) is 4.80. The van der Waals surface area contributed by atoms with Crippen LogP contribution < -0.4 is 4.74 Å². The van der Waals surface area contributed by atoms with Crippen LogP contribution in [0.2, 0.25) is 0 Å². The molecule has 0 bridgehead atoms. The van der Waals surface area contributed by atoms with Gasteiger partial charge in [0.15, 0.2) is 0 Å². The van der Waals surface area contributed by atoms with Crippen molar-refractivity contribution in [3.63, 3.8) is 0 Å². The molecule has 1 N–H and O–H groups in total. The molecule has 0 atom stereocenters. The van der Waals surface area contributed by atoms with E-state index in [0.29, 0.717) is 6.61 Å². The molecule has 0 amide bonds. The summed E-state index contributed by atoms with van der Waals surface area (Å²) < 4.78 is 11.3. The summed E-state index contributed by atoms with van der Waals surface area (Å²) in [5.74, 6) is 0.874. The quantitative estimate of drug-likeness (QED) is 0.670. The maximum absolute atomic E-state index is 8.71. The normalized spacial score (nSPS) is 19.3. The van der Waals surface area contributed by atoms with Crippen LogP contribution in [0.3, 0.4) is 0 Å². The Labute approximate surface area is 114 Å². The first-order chi connectivity index (χ1) is 9.22. The van der Waals surface area contributed by atoms with Crippen LogP contribution in [-0.4, -0.2) is 24.1 Å². The van der Waals surface area contributed by atoms with Gasteiger partial charge in [0.05, 0.1) is 25.5 Å². The van der Waals surface area contributed by atoms with E-state index in [1.807, 2.05) is 12.1 Å². The third kappa shape index (κ3) is 3.70. The summed E-state index contributed by atoms with van der Waals surface area (Å²) in [4.78, 5) is 0. The molecular weight excluding hydrogens is 242 g/mol. The summed E-state index contributed by atoms with van der Waals surface area (Å²) in [5, 5.41) is 12.0. The molecule has 1 fully saturated rings. The van der Waals surface area contributed by atoms with Gasteiger partial charge < -0.3 is 14.7 Å². The van der Waals surface area contributed by atoms with E-state index < -0.39 is 0 Å². The van der Waals surface area contributed by atoms with E-state index in [9.17, 15) is 0 Å². The van der Waals surface area contributed by atoms with Crippen LogP contribution in [0.25, 0.3) is 0 Å². The third-order valence-electron chi connectivity index (χ3n) is 3.56. The molecular formula is C15H21NO3. The number of aryl methyl sites for hydroxylation is 1. The molecule has 1 aromatic rings. The molecule has 104 valence electrons. The zero-order valence-corrected chi connectivity index (χ0v) is 11.6. The smallest absolute Gasteiger partial charge is 0.124 e. The van der Waals surface area contributed by atoms with E-state index in [1.165, 1.54) is 5.56 Å². The molecule has 4 heteroatoms. The number of rotatable bonds is 4. The van der Waals surface area contributed by atoms with Crippen LogP contribution in [-0.2, 0) is 11.3 Å². The van der Waals surface area contributed by atoms with Gasteiger partial charge in [0, 0.05) is 5.56 Å². The standard InChI is InChI=1S/C15H21NO3/c1-11-3-8-15(18-2)12(9-11)10-19-14-6-4-13(16-17)5-7-14/h3,8-9,14,17H,4-7,10H2,1-2H3. The molecule has 0 heterocycles. The summed E-state index contributed by atoms with van der Waals surface area (Å²) in [7, 11) is 1.68. The van der Waals surface area contributed by atoms with Gasteiger partial charge in [-0.2, -0.15) is 0 Å². The van der Waals surface area contributed by atoms with E-state index >= 15 is 0 Å². The lowest BCUT2D eigenvalue weighted by Crippen LogP contribution is -2.21. The Morgan fingerprint density at radius 3 is 2.68 bits per heavy atom. The van der Waals surface area contributed by atoms with Crippen molar-refractivity contribution in [2.24, 2.45) is 5.16 Å². The number of ether oxygens (including phenoxy) is 2. The highest BCUT2D eigenvalue weighted by molar-refractivity contribution is 5.84. The number of benzene rings is 1. The molecule has 0 aliphatic heterocycles. The van der Waals surface area contributed by atoms with Crippen molar-refractivity contribution in [1.29, 1.82) is 0 Å². The van der Waals surface area contributed by atoms with Gasteiger partial charge in [-0.25, -0.2) is 0 Å². The Hall–Kier alpha value is -1.55. The first-order valence-electron chi connectivity index (χ1n) is 6.68. The van der Waals surface area contributed by atoms with Crippen molar-refractivity contribution in [3.8, 4) is 5.75 Å². The Morgan fingerprint density at radius 1 is 1.32 bits per heavy atom. The van der Waals surface area contributed by atoms with Gasteiger partial charge in [-0.3, -0.25) is 0 Å². The van der Waals surface area contributed by atoms with E-state index in [0.717, 1.165) is 42.7 Å². The van der Waals surface area contributed by atoms with Crippen molar-refractivity contribution in [2.75, 3.05) is 7.11 Å². The van der Waals surface area contributed by atoms with Crippen LogP contribution in [0.4, 0.5) is 0 Å². The average molecular weight is 263 g/mol. The van der Waals surface area contributed by atoms with Crippen LogP contribution in [0.5, 0.6) is 5.75 Å². The summed E-state index contributed by atoms with van der Waals surface area (Å²) in [5.41, 5.74) is 3.18. The Bertz CT molecular complexity index is 447. The van der Waals surface area contributed by atoms with E-state index in [2.05, 4.69) is 18.1 Å². The zero-order valence-electron chi connectivity index (χ0n) is 11.6. The molecule has 2 rings (SSSR count). The lowest BCUT2D eigenvalue weighted by molar-refractivity contribution is 0.0268. The first-order valence-corrected chi connectivity index (χ1v) is 6.68. The van der Waals surface area contributed by atoms with Crippen molar-refractivity contribution < 1.29 is 14.7 Å². The molecule has 1 saturated carbocycles. The highest BCUT2D eigenvalue weighted by Gasteiger charge is 2.18. The first kappa shape index (κ1) is 13.9. The lowest BCUT2D eigenvalue weighted by atomic mass is 9.96. The van der Waals surface area contributed by atoms with Crippen molar-refractivity contribution in [3.05, 3.63) is 29.3 Å². The minimum Gasteiger partial charge on any atom is -0.496 e. The molecule has 0 saturated heterocycles. The van der Waals surface area contributed by atoms with Crippen molar-refractivity contribution >= 4 is 5.71 Å². The SMILES string of the molecule is COc1ccc(C)cc1COC1CCC(=NO)CC1. The van der Waals surface area contributed by atoms with Crippen LogP contribution in [0.15, 0.2) is 23.4 Å². The molecule has 0 spiro atoms. The average Bonchev–Trinajstić information content (AvgIpc) is 2.46. The fraction of sp³-hybridized carbons (Fsp3) is 0.533. The highest BCUT2D eigenvalue weighted by atomic mass is 16.5. The van der Waals surface area contributed by atoms with Crippen LogP contribution >= 0.6 is 0 Å². The number of nitrogens with zero attached hydrogens (tertiary/aromatic N) is 1. The molecule has 1 aliphatic carbocycles. The second kappa shape index (κ2) is 6.57. The summed E-state index contributed by atoms with van der Waals surface area (Å²) >= 11 is 0. The van der Waals surface area contributed by atoms with E-state index in [4.69, 9.17) is 14.7 Å². The Morgan fingerprint density at radius 2 is 2.05 bits per heavy atom. The molecule has 19 heavy (non-hydrogen) atoms. The predicted octanol–water partition coefficient (Wildman–Crippen LogP) is 3.29. The van der Waals surface area contributed by atoms with Gasteiger partial charge >= 0.3 is 0 Å². The summed E-state index contributed by atoms with van der Waals surface area (Å²) in [6.07, 6.45) is 3.75. The lowest BCUT2D eigenvalue weighted by Gasteiger charge is -2.23. The summed E-state index contributed by atoms with van der Waals surface area (Å²) in [6.45, 7) is 2.63. The minimum absolute atomic E-state index is 0.246. The van der Waals surface area contributed by atoms with Gasteiger partial charge in [-0.15, -0.1) is 0 Å². The molecule has 0 radical (unpaired) electrons. The fourth-order valence-electron chi connectivity index (χ4n) is 2.42. The topological polar surface area (TPSA) is 51.0 Å². The van der Waals surface area contributed by atoms with Gasteiger partial charge in [0.1, 0.15) is 5.75 Å². The van der Waals surface area contributed by atoms with Gasteiger partial charge in [-0.1, -0.05) is 22.9 Å². The second-order valence-electron chi connectivity index (χ2n) is 4.99. The monoisotopic (exact) mass is 263 g/mol. The maximum Gasteiger partial charge on any atom is 0.124 e. The predicted molar refractivity (Wildman–Crippen MR) is 74.0 cm³/mol. The van der Waals surface area contributed by atoms with Crippen LogP contribution in [0.1, 0.15) is 36.8 Å². The van der Waals surface area contributed by atoms with Gasteiger partial charge in [0.2, 0.25) is 0 Å². The van der Waals surface area contributed by atoms with Crippen molar-refractivity contribution in [1.82, 2.24) is 0 Å². The zero-order chi connectivity index (χ0) is 13.7. The van der Waals surface area contributed by atoms with Gasteiger partial charge in [-0.05, 0) is 38.7 Å². The second-order valence-corrected chi connectivity index (χ2v) is 4.99. The molecule has 4 nitrogen and oxygen atoms in total. The molecule has 1 aromatic carbocycles. The minimum atomic E-state index is 0.246. The fourth-order valence-corrected chi connectivity index (χ4v) is 2.42. The number of hydrogen-bond acceptors (Lipinski definition) is 4. The van der Waals surface area contributed by atoms with Crippen molar-refractivity contribution in [2.45, 2.75) is 45.3 Å². The summed E-state index contributed by atoms with van der Waals surface area (Å²) in [6, 6.07) is 6.11. The molecule has 0 aromatic heterocycles. The molecule has 1 aliphatic rings. The maximum atomic E-state index is 8.71. The Balaban J connectivity index is 1.90. The largest absolute Gasteiger partial charge is 0.496 e. The number of hydrogen-bond donors (Lipinski definition) is 1. The molecule has 0 unspecified atom stereocenters. The highest BCUT2D eigenvalue weighted by Crippen LogP contribution is 2.24. The van der Waals surface area contributed by atoms with Crippen LogP contribution in [0, 0.1) is 6.92 Å². The number of methoxy groups -OCH3 is 1. The van der Waals surface area contributed by atoms with E-state index in [1.54, 1.807) is 7.11 Å². The third-order valence-corrected chi connectivity index (χ3v) is 3.56. The van der Waals surface area contributed by atoms with Gasteiger partial charge in [0.25, 0.3) is 0 Å². The van der Waals surface area contributed by atoms with E-state index in [-0.39, 0.29) is 6.10 Å². The number of oxime groups is 1.